The van der Waals surface area contributed by atoms with Gasteiger partial charge >= 0.3 is 0 Å². The van der Waals surface area contributed by atoms with Gasteiger partial charge in [-0.25, -0.2) is 0 Å². The van der Waals surface area contributed by atoms with Crippen molar-refractivity contribution >= 4 is 0 Å². The predicted octanol–water partition coefficient (Wildman–Crippen LogP) is 0.687. The highest BCUT2D eigenvalue weighted by atomic mass is 16.3. The average Bonchev–Trinajstić information content (AvgIpc) is 2.10. The van der Waals surface area contributed by atoms with E-state index in [2.05, 4.69) is 31.1 Å². The lowest BCUT2D eigenvalue weighted by Gasteiger charge is -2.23. The molecular weight excluding hydrogens is 164 g/mol. The summed E-state index contributed by atoms with van der Waals surface area (Å²) >= 11 is 0. The van der Waals surface area contributed by atoms with Crippen LogP contribution in [0.5, 0.6) is 0 Å². The van der Waals surface area contributed by atoms with Crippen molar-refractivity contribution in [2.75, 3.05) is 26.7 Å². The van der Waals surface area contributed by atoms with E-state index >= 15 is 0 Å². The van der Waals surface area contributed by atoms with Crippen molar-refractivity contribution < 1.29 is 5.11 Å². The second-order valence-corrected chi connectivity index (χ2v) is 3.79. The van der Waals surface area contributed by atoms with Crippen LogP contribution in [0.3, 0.4) is 0 Å². The fourth-order valence-corrected chi connectivity index (χ4v) is 1.10. The number of aliphatic hydroxyl groups excluding tert-OH is 1. The molecule has 0 saturated heterocycles. The Bertz CT molecular complexity index is 117. The summed E-state index contributed by atoms with van der Waals surface area (Å²) in [5, 5.41) is 12.2. The van der Waals surface area contributed by atoms with Gasteiger partial charge in [-0.15, -0.1) is 0 Å². The third-order valence-electron chi connectivity index (χ3n) is 2.42. The maximum atomic E-state index is 9.00. The molecule has 0 fully saturated rings. The molecule has 1 unspecified atom stereocenters. The monoisotopic (exact) mass is 188 g/mol. The van der Waals surface area contributed by atoms with Crippen molar-refractivity contribution in [2.45, 2.75) is 39.3 Å². The third-order valence-corrected chi connectivity index (χ3v) is 2.42. The molecule has 0 amide bonds. The minimum absolute atomic E-state index is 0.242. The van der Waals surface area contributed by atoms with Crippen LogP contribution in [-0.4, -0.2) is 48.8 Å². The fraction of sp³-hybridized carbons (Fsp3) is 1.00. The smallest absolute Gasteiger partial charge is 0.0636 e. The molecule has 0 rings (SSSR count). The van der Waals surface area contributed by atoms with Crippen LogP contribution < -0.4 is 5.32 Å². The van der Waals surface area contributed by atoms with E-state index in [9.17, 15) is 0 Å². The maximum absolute atomic E-state index is 9.00. The van der Waals surface area contributed by atoms with Gasteiger partial charge in [-0.2, -0.15) is 0 Å². The van der Waals surface area contributed by atoms with Crippen LogP contribution in [0.4, 0.5) is 0 Å². The Morgan fingerprint density at radius 3 is 2.46 bits per heavy atom. The fourth-order valence-electron chi connectivity index (χ4n) is 1.10. The quantitative estimate of drug-likeness (QED) is 0.577. The van der Waals surface area contributed by atoms with E-state index < -0.39 is 0 Å². The van der Waals surface area contributed by atoms with Crippen LogP contribution in [0.1, 0.15) is 27.2 Å². The minimum Gasteiger partial charge on any atom is -0.392 e. The Kier molecular flexibility index (Phi) is 7.23. The minimum atomic E-state index is -0.242. The molecule has 0 bridgehead atoms. The number of hydrogen-bond acceptors (Lipinski definition) is 3. The Labute approximate surface area is 82.1 Å². The first kappa shape index (κ1) is 12.9. The highest BCUT2D eigenvalue weighted by Crippen LogP contribution is 1.97. The van der Waals surface area contributed by atoms with Crippen LogP contribution in [0.15, 0.2) is 0 Å². The summed E-state index contributed by atoms with van der Waals surface area (Å²) in [7, 11) is 2.14. The molecule has 0 aromatic rings. The normalized spacial score (nSPS) is 16.2. The van der Waals surface area contributed by atoms with Gasteiger partial charge in [0.2, 0.25) is 0 Å². The van der Waals surface area contributed by atoms with Crippen LogP contribution in [-0.2, 0) is 0 Å². The highest BCUT2D eigenvalue weighted by Gasteiger charge is 2.05. The van der Waals surface area contributed by atoms with E-state index in [1.165, 1.54) is 6.42 Å². The predicted molar refractivity (Wildman–Crippen MR) is 56.9 cm³/mol. The van der Waals surface area contributed by atoms with Crippen LogP contribution in [0.2, 0.25) is 0 Å². The Hall–Kier alpha value is -0.120. The van der Waals surface area contributed by atoms with Crippen molar-refractivity contribution in [3.05, 3.63) is 0 Å². The van der Waals surface area contributed by atoms with Gasteiger partial charge in [0, 0.05) is 25.7 Å². The molecule has 0 aliphatic rings. The Balaban J connectivity index is 3.31. The highest BCUT2D eigenvalue weighted by molar-refractivity contribution is 4.62. The molecule has 0 radical (unpaired) electrons. The zero-order valence-electron chi connectivity index (χ0n) is 9.38. The van der Waals surface area contributed by atoms with E-state index in [0.717, 1.165) is 13.1 Å². The van der Waals surface area contributed by atoms with E-state index in [1.807, 2.05) is 0 Å². The molecular formula is C10H24N2O. The number of nitrogens with zero attached hydrogens (tertiary/aromatic N) is 1. The zero-order chi connectivity index (χ0) is 10.3. The first-order chi connectivity index (χ1) is 6.07. The van der Waals surface area contributed by atoms with E-state index in [1.54, 1.807) is 6.92 Å². The van der Waals surface area contributed by atoms with Crippen molar-refractivity contribution in [2.24, 2.45) is 0 Å². The second-order valence-electron chi connectivity index (χ2n) is 3.79. The van der Waals surface area contributed by atoms with Crippen molar-refractivity contribution in [3.8, 4) is 0 Å². The van der Waals surface area contributed by atoms with Crippen LogP contribution in [0, 0.1) is 0 Å². The maximum Gasteiger partial charge on any atom is 0.0636 e. The number of hydrogen-bond donors (Lipinski definition) is 2. The molecule has 0 aliphatic carbocycles. The van der Waals surface area contributed by atoms with Gasteiger partial charge < -0.3 is 15.3 Å². The van der Waals surface area contributed by atoms with Crippen LogP contribution in [0.25, 0.3) is 0 Å². The van der Waals surface area contributed by atoms with Gasteiger partial charge in [-0.1, -0.05) is 6.92 Å². The summed E-state index contributed by atoms with van der Waals surface area (Å²) in [5.41, 5.74) is 0. The lowest BCUT2D eigenvalue weighted by atomic mass is 10.2. The standard InChI is InChI=1S/C10H24N2O/c1-5-9(2)12(4)7-6-11-8-10(3)13/h9-11,13H,5-8H2,1-4H3/t9?,10-/m1/s1. The molecule has 0 spiro atoms. The van der Waals surface area contributed by atoms with Crippen molar-refractivity contribution in [1.29, 1.82) is 0 Å². The van der Waals surface area contributed by atoms with Gasteiger partial charge in [0.1, 0.15) is 0 Å². The van der Waals surface area contributed by atoms with Gasteiger partial charge in [-0.3, -0.25) is 0 Å². The Morgan fingerprint density at radius 2 is 2.00 bits per heavy atom. The van der Waals surface area contributed by atoms with E-state index in [0.29, 0.717) is 12.6 Å². The average molecular weight is 188 g/mol. The molecule has 0 aromatic carbocycles. The van der Waals surface area contributed by atoms with E-state index in [4.69, 9.17) is 5.11 Å². The molecule has 0 heterocycles. The van der Waals surface area contributed by atoms with Crippen LogP contribution >= 0.6 is 0 Å². The van der Waals surface area contributed by atoms with E-state index in [-0.39, 0.29) is 6.10 Å². The number of likely N-dealkylation sites (N-methyl/N-ethyl adjacent to an activating group) is 1. The summed E-state index contributed by atoms with van der Waals surface area (Å²) < 4.78 is 0. The summed E-state index contributed by atoms with van der Waals surface area (Å²) in [6, 6.07) is 0.647. The molecule has 3 heteroatoms. The second kappa shape index (κ2) is 7.30. The topological polar surface area (TPSA) is 35.5 Å². The molecule has 3 nitrogen and oxygen atoms in total. The summed E-state index contributed by atoms with van der Waals surface area (Å²) in [4.78, 5) is 2.33. The summed E-state index contributed by atoms with van der Waals surface area (Å²) in [6.45, 7) is 8.91. The molecule has 80 valence electrons. The van der Waals surface area contributed by atoms with Gasteiger partial charge in [0.15, 0.2) is 0 Å². The molecule has 0 aliphatic heterocycles. The van der Waals surface area contributed by atoms with Gasteiger partial charge in [0.05, 0.1) is 6.10 Å². The number of aliphatic hydroxyl groups is 1. The molecule has 13 heavy (non-hydrogen) atoms. The summed E-state index contributed by atoms with van der Waals surface area (Å²) in [6.07, 6.45) is 0.946. The third kappa shape index (κ3) is 6.99. The zero-order valence-corrected chi connectivity index (χ0v) is 9.38. The largest absolute Gasteiger partial charge is 0.392 e. The molecule has 2 N–H and O–H groups in total. The SMILES string of the molecule is CCC(C)N(C)CCNC[C@@H](C)O. The number of rotatable bonds is 7. The lowest BCUT2D eigenvalue weighted by Crippen LogP contribution is -2.36. The molecule has 0 aromatic heterocycles. The lowest BCUT2D eigenvalue weighted by molar-refractivity contribution is 0.186. The molecule has 0 saturated carbocycles. The number of nitrogens with one attached hydrogen (secondary N) is 1. The first-order valence-electron chi connectivity index (χ1n) is 5.17. The first-order valence-corrected chi connectivity index (χ1v) is 5.17. The van der Waals surface area contributed by atoms with Crippen molar-refractivity contribution in [3.63, 3.8) is 0 Å². The van der Waals surface area contributed by atoms with Crippen molar-refractivity contribution in [1.82, 2.24) is 10.2 Å². The molecule has 2 atom stereocenters. The van der Waals surface area contributed by atoms with Gasteiger partial charge in [-0.05, 0) is 27.3 Å². The van der Waals surface area contributed by atoms with Gasteiger partial charge in [0.25, 0.3) is 0 Å². The summed E-state index contributed by atoms with van der Waals surface area (Å²) in [5.74, 6) is 0. The Morgan fingerprint density at radius 1 is 1.38 bits per heavy atom.